The number of para-hydroxylation sites is 1. The highest BCUT2D eigenvalue weighted by Crippen LogP contribution is 2.23. The molecule has 3 aromatic rings. The highest BCUT2D eigenvalue weighted by Gasteiger charge is 2.20. The third kappa shape index (κ3) is 4.62. The van der Waals surface area contributed by atoms with E-state index < -0.39 is 17.2 Å². The first-order chi connectivity index (χ1) is 14.9. The molecule has 8 heteroatoms. The molecule has 166 valence electrons. The lowest BCUT2D eigenvalue weighted by Crippen LogP contribution is -2.43. The Balaban J connectivity index is 2.02. The molecule has 0 aliphatic rings. The van der Waals surface area contributed by atoms with Crippen LogP contribution in [0.1, 0.15) is 58.4 Å². The predicted octanol–water partition coefficient (Wildman–Crippen LogP) is 3.33. The monoisotopic (exact) mass is 425 g/mol. The molecule has 2 heterocycles. The van der Waals surface area contributed by atoms with Crippen molar-refractivity contribution in [3.63, 3.8) is 0 Å². The number of benzene rings is 1. The van der Waals surface area contributed by atoms with E-state index in [1.165, 1.54) is 4.57 Å². The topological polar surface area (TPSA) is 90.9 Å². The van der Waals surface area contributed by atoms with Gasteiger partial charge >= 0.3 is 5.69 Å². The summed E-state index contributed by atoms with van der Waals surface area (Å²) in [5.41, 5.74) is 1.46. The van der Waals surface area contributed by atoms with E-state index >= 15 is 0 Å². The molecule has 0 bridgehead atoms. The molecule has 0 radical (unpaired) electrons. The molecule has 1 aromatic carbocycles. The van der Waals surface area contributed by atoms with Gasteiger partial charge in [-0.1, -0.05) is 52.3 Å². The van der Waals surface area contributed by atoms with E-state index in [9.17, 15) is 14.4 Å². The normalized spacial score (nSPS) is 11.4. The molecule has 1 N–H and O–H groups in total. The van der Waals surface area contributed by atoms with Crippen LogP contribution in [0.2, 0.25) is 0 Å². The van der Waals surface area contributed by atoms with Crippen molar-refractivity contribution < 1.29 is 4.79 Å². The molecular formula is C23H31N5O3. The zero-order valence-corrected chi connectivity index (χ0v) is 18.7. The van der Waals surface area contributed by atoms with Crippen LogP contribution in [0.3, 0.4) is 0 Å². The van der Waals surface area contributed by atoms with Gasteiger partial charge in [0.15, 0.2) is 11.2 Å². The molecular weight excluding hydrogens is 394 g/mol. The number of fused-ring (bicyclic) bond motifs is 1. The van der Waals surface area contributed by atoms with Gasteiger partial charge in [0.25, 0.3) is 5.56 Å². The Hall–Kier alpha value is -3.16. The number of aryl methyl sites for hydroxylation is 2. The van der Waals surface area contributed by atoms with Gasteiger partial charge < -0.3 is 9.88 Å². The SMILES string of the molecule is CCCCn1cnc2c1c(=O)n(CC(=O)Nc1ccccc1C(C)C)c(=O)n2CCC. The van der Waals surface area contributed by atoms with Crippen molar-refractivity contribution in [2.24, 2.45) is 0 Å². The van der Waals surface area contributed by atoms with E-state index in [2.05, 4.69) is 17.2 Å². The van der Waals surface area contributed by atoms with Crippen molar-refractivity contribution in [2.45, 2.75) is 72.5 Å². The summed E-state index contributed by atoms with van der Waals surface area (Å²) in [7, 11) is 0. The quantitative estimate of drug-likeness (QED) is 0.569. The minimum Gasteiger partial charge on any atom is -0.325 e. The van der Waals surface area contributed by atoms with Crippen LogP contribution in [-0.4, -0.2) is 24.6 Å². The molecule has 2 aromatic heterocycles. The first kappa shape index (κ1) is 22.5. The van der Waals surface area contributed by atoms with Gasteiger partial charge in [-0.25, -0.2) is 14.3 Å². The number of hydrogen-bond donors (Lipinski definition) is 1. The Bertz CT molecular complexity index is 1190. The predicted molar refractivity (Wildman–Crippen MR) is 123 cm³/mol. The van der Waals surface area contributed by atoms with E-state index in [4.69, 9.17) is 0 Å². The molecule has 0 unspecified atom stereocenters. The molecule has 0 spiro atoms. The van der Waals surface area contributed by atoms with Crippen LogP contribution in [0.15, 0.2) is 40.2 Å². The Morgan fingerprint density at radius 1 is 1.06 bits per heavy atom. The molecule has 31 heavy (non-hydrogen) atoms. The number of aromatic nitrogens is 4. The van der Waals surface area contributed by atoms with Crippen LogP contribution >= 0.6 is 0 Å². The number of nitrogens with zero attached hydrogens (tertiary/aromatic N) is 4. The summed E-state index contributed by atoms with van der Waals surface area (Å²) in [5.74, 6) is -0.181. The van der Waals surface area contributed by atoms with Crippen molar-refractivity contribution in [3.05, 3.63) is 57.0 Å². The second kappa shape index (κ2) is 9.76. The lowest BCUT2D eigenvalue weighted by atomic mass is 10.0. The number of carbonyl (C=O) groups is 1. The molecule has 1 amide bonds. The number of anilines is 1. The van der Waals surface area contributed by atoms with Crippen LogP contribution in [0.5, 0.6) is 0 Å². The smallest absolute Gasteiger partial charge is 0.325 e. The zero-order chi connectivity index (χ0) is 22.5. The fourth-order valence-electron chi connectivity index (χ4n) is 3.75. The largest absolute Gasteiger partial charge is 0.333 e. The molecule has 0 aliphatic heterocycles. The van der Waals surface area contributed by atoms with Crippen molar-refractivity contribution in [1.82, 2.24) is 18.7 Å². The number of hydrogen-bond acceptors (Lipinski definition) is 4. The van der Waals surface area contributed by atoms with Gasteiger partial charge in [0, 0.05) is 18.8 Å². The minimum absolute atomic E-state index is 0.227. The molecule has 0 fully saturated rings. The molecule has 0 atom stereocenters. The Labute approximate surface area is 181 Å². The van der Waals surface area contributed by atoms with E-state index in [-0.39, 0.29) is 12.5 Å². The zero-order valence-electron chi connectivity index (χ0n) is 18.7. The Morgan fingerprint density at radius 3 is 2.48 bits per heavy atom. The van der Waals surface area contributed by atoms with Gasteiger partial charge in [0.1, 0.15) is 6.54 Å². The average Bonchev–Trinajstić information content (AvgIpc) is 3.16. The van der Waals surface area contributed by atoms with Crippen molar-refractivity contribution in [2.75, 3.05) is 5.32 Å². The summed E-state index contributed by atoms with van der Waals surface area (Å²) < 4.78 is 4.30. The average molecular weight is 426 g/mol. The maximum atomic E-state index is 13.2. The molecule has 0 saturated heterocycles. The second-order valence-electron chi connectivity index (χ2n) is 8.08. The Morgan fingerprint density at radius 2 is 1.81 bits per heavy atom. The van der Waals surface area contributed by atoms with Crippen LogP contribution in [0, 0.1) is 0 Å². The molecule has 0 saturated carbocycles. The number of nitrogens with one attached hydrogen (secondary N) is 1. The van der Waals surface area contributed by atoms with Gasteiger partial charge in [-0.15, -0.1) is 0 Å². The maximum absolute atomic E-state index is 13.2. The number of amides is 1. The van der Waals surface area contributed by atoms with Crippen LogP contribution in [0.4, 0.5) is 5.69 Å². The maximum Gasteiger partial charge on any atom is 0.333 e. The summed E-state index contributed by atoms with van der Waals surface area (Å²) in [6.45, 7) is 8.84. The van der Waals surface area contributed by atoms with Gasteiger partial charge in [-0.2, -0.15) is 0 Å². The van der Waals surface area contributed by atoms with E-state index in [1.54, 1.807) is 10.9 Å². The summed E-state index contributed by atoms with van der Waals surface area (Å²) in [6, 6.07) is 7.55. The number of carbonyl (C=O) groups excluding carboxylic acids is 1. The van der Waals surface area contributed by atoms with Gasteiger partial charge in [0.05, 0.1) is 6.33 Å². The first-order valence-corrected chi connectivity index (χ1v) is 11.0. The van der Waals surface area contributed by atoms with Gasteiger partial charge in [-0.05, 0) is 30.4 Å². The van der Waals surface area contributed by atoms with Gasteiger partial charge in [-0.3, -0.25) is 14.2 Å². The number of rotatable bonds is 9. The lowest BCUT2D eigenvalue weighted by molar-refractivity contribution is -0.116. The summed E-state index contributed by atoms with van der Waals surface area (Å²) in [6.07, 6.45) is 4.18. The van der Waals surface area contributed by atoms with Crippen molar-refractivity contribution in [1.29, 1.82) is 0 Å². The standard InChI is InChI=1S/C23H31N5O3/c1-5-7-13-26-15-24-21-20(26)22(30)28(23(31)27(21)12-6-2)14-19(29)25-18-11-9-8-10-17(18)16(3)4/h8-11,15-16H,5-7,12-14H2,1-4H3,(H,25,29). The van der Waals surface area contributed by atoms with Crippen LogP contribution in [0.25, 0.3) is 11.2 Å². The third-order valence-corrected chi connectivity index (χ3v) is 5.34. The number of imidazole rings is 1. The minimum atomic E-state index is -0.507. The number of unbranched alkanes of at least 4 members (excludes halogenated alkanes) is 1. The lowest BCUT2D eigenvalue weighted by Gasteiger charge is -2.15. The first-order valence-electron chi connectivity index (χ1n) is 11.0. The van der Waals surface area contributed by atoms with Crippen molar-refractivity contribution >= 4 is 22.8 Å². The van der Waals surface area contributed by atoms with E-state index in [1.807, 2.05) is 45.0 Å². The summed E-state index contributed by atoms with van der Waals surface area (Å²) >= 11 is 0. The summed E-state index contributed by atoms with van der Waals surface area (Å²) in [4.78, 5) is 43.5. The van der Waals surface area contributed by atoms with Crippen molar-refractivity contribution in [3.8, 4) is 0 Å². The summed E-state index contributed by atoms with van der Waals surface area (Å²) in [5, 5.41) is 2.87. The Kier molecular flexibility index (Phi) is 7.09. The fraction of sp³-hybridized carbons (Fsp3) is 0.478. The second-order valence-corrected chi connectivity index (χ2v) is 8.08. The van der Waals surface area contributed by atoms with Crippen LogP contribution in [-0.2, 0) is 24.4 Å². The van der Waals surface area contributed by atoms with E-state index in [0.29, 0.717) is 36.4 Å². The van der Waals surface area contributed by atoms with E-state index in [0.717, 1.165) is 23.0 Å². The molecule has 3 rings (SSSR count). The fourth-order valence-corrected chi connectivity index (χ4v) is 3.75. The third-order valence-electron chi connectivity index (χ3n) is 5.34. The van der Waals surface area contributed by atoms with Gasteiger partial charge in [0.2, 0.25) is 5.91 Å². The highest BCUT2D eigenvalue weighted by molar-refractivity contribution is 5.91. The molecule has 0 aliphatic carbocycles. The highest BCUT2D eigenvalue weighted by atomic mass is 16.2. The van der Waals surface area contributed by atoms with Crippen LogP contribution < -0.4 is 16.6 Å². The molecule has 8 nitrogen and oxygen atoms in total.